The van der Waals surface area contributed by atoms with Crippen molar-refractivity contribution in [3.63, 3.8) is 0 Å². The van der Waals surface area contributed by atoms with Gasteiger partial charge in [0.05, 0.1) is 6.04 Å². The lowest BCUT2D eigenvalue weighted by atomic mass is 10.1. The third-order valence-electron chi connectivity index (χ3n) is 3.23. The maximum atomic E-state index is 12.3. The number of amides is 1. The van der Waals surface area contributed by atoms with Crippen LogP contribution < -0.4 is 5.32 Å². The highest BCUT2D eigenvalue weighted by molar-refractivity contribution is 9.10. The Morgan fingerprint density at radius 2 is 1.90 bits per heavy atom. The van der Waals surface area contributed by atoms with Gasteiger partial charge in [-0.3, -0.25) is 4.79 Å². The lowest BCUT2D eigenvalue weighted by Crippen LogP contribution is -2.27. The first-order chi connectivity index (χ1) is 9.50. The van der Waals surface area contributed by atoms with Crippen molar-refractivity contribution in [3.05, 3.63) is 68.7 Å². The van der Waals surface area contributed by atoms with E-state index in [1.807, 2.05) is 56.3 Å². The third-order valence-corrected chi connectivity index (χ3v) is 4.43. The molecule has 1 N–H and O–H groups in total. The van der Waals surface area contributed by atoms with Gasteiger partial charge in [0.15, 0.2) is 0 Å². The van der Waals surface area contributed by atoms with Gasteiger partial charge in [-0.15, -0.1) is 0 Å². The van der Waals surface area contributed by atoms with E-state index in [9.17, 15) is 4.79 Å². The Morgan fingerprint density at radius 1 is 1.20 bits per heavy atom. The lowest BCUT2D eigenvalue weighted by Gasteiger charge is -2.16. The highest BCUT2D eigenvalue weighted by atomic mass is 79.9. The average Bonchev–Trinajstić information content (AvgIpc) is 2.42. The molecule has 0 aliphatic heterocycles. The van der Waals surface area contributed by atoms with Crippen LogP contribution in [-0.2, 0) is 0 Å². The van der Waals surface area contributed by atoms with Gasteiger partial charge in [-0.05, 0) is 43.2 Å². The second kappa shape index (κ2) is 6.42. The standard InChI is InChI=1S/C16H15BrClNO/c1-10-12(7-5-8-14(10)17)16(20)19-11(2)13-6-3-4-9-15(13)18/h3-9,11H,1-2H3,(H,19,20). The summed E-state index contributed by atoms with van der Waals surface area (Å²) in [6.45, 7) is 3.84. The molecular formula is C16H15BrClNO. The summed E-state index contributed by atoms with van der Waals surface area (Å²) in [5.74, 6) is -0.101. The zero-order valence-corrected chi connectivity index (χ0v) is 13.6. The van der Waals surface area contributed by atoms with Crippen molar-refractivity contribution in [1.29, 1.82) is 0 Å². The number of carbonyl (C=O) groups is 1. The third kappa shape index (κ3) is 3.22. The van der Waals surface area contributed by atoms with Crippen molar-refractivity contribution in [2.45, 2.75) is 19.9 Å². The molecule has 0 saturated heterocycles. The molecule has 0 bridgehead atoms. The summed E-state index contributed by atoms with van der Waals surface area (Å²) >= 11 is 9.58. The van der Waals surface area contributed by atoms with E-state index in [4.69, 9.17) is 11.6 Å². The fraction of sp³-hybridized carbons (Fsp3) is 0.188. The van der Waals surface area contributed by atoms with E-state index in [2.05, 4.69) is 21.2 Å². The predicted octanol–water partition coefficient (Wildman–Crippen LogP) is 4.90. The second-order valence-corrected chi connectivity index (χ2v) is 5.89. The van der Waals surface area contributed by atoms with Gasteiger partial charge in [0.25, 0.3) is 5.91 Å². The SMILES string of the molecule is Cc1c(Br)cccc1C(=O)NC(C)c1ccccc1Cl. The molecule has 2 rings (SSSR count). The molecule has 20 heavy (non-hydrogen) atoms. The van der Waals surface area contributed by atoms with Crippen LogP contribution in [0.1, 0.15) is 34.5 Å². The Hall–Kier alpha value is -1.32. The van der Waals surface area contributed by atoms with Crippen LogP contribution in [0.3, 0.4) is 0 Å². The Morgan fingerprint density at radius 3 is 2.60 bits per heavy atom. The van der Waals surface area contributed by atoms with E-state index in [1.54, 1.807) is 0 Å². The molecule has 1 atom stereocenters. The van der Waals surface area contributed by atoms with Crippen LogP contribution in [-0.4, -0.2) is 5.91 Å². The van der Waals surface area contributed by atoms with Gasteiger partial charge < -0.3 is 5.32 Å². The van der Waals surface area contributed by atoms with Gasteiger partial charge in [0, 0.05) is 15.1 Å². The number of hydrogen-bond acceptors (Lipinski definition) is 1. The van der Waals surface area contributed by atoms with Crippen molar-refractivity contribution in [1.82, 2.24) is 5.32 Å². The van der Waals surface area contributed by atoms with Crippen LogP contribution in [0, 0.1) is 6.92 Å². The molecular weight excluding hydrogens is 338 g/mol. The molecule has 2 aromatic rings. The highest BCUT2D eigenvalue weighted by Crippen LogP contribution is 2.24. The second-order valence-electron chi connectivity index (χ2n) is 4.63. The quantitative estimate of drug-likeness (QED) is 0.836. The minimum absolute atomic E-state index is 0.101. The lowest BCUT2D eigenvalue weighted by molar-refractivity contribution is 0.0939. The average molecular weight is 353 g/mol. The summed E-state index contributed by atoms with van der Waals surface area (Å²) in [4.78, 5) is 12.3. The molecule has 104 valence electrons. The van der Waals surface area contributed by atoms with E-state index in [0.717, 1.165) is 15.6 Å². The van der Waals surface area contributed by atoms with Crippen LogP contribution in [0.4, 0.5) is 0 Å². The Bertz CT molecular complexity index is 642. The van der Waals surface area contributed by atoms with Gasteiger partial charge in [0.2, 0.25) is 0 Å². The molecule has 1 amide bonds. The first kappa shape index (κ1) is 15.1. The van der Waals surface area contributed by atoms with Crippen LogP contribution >= 0.6 is 27.5 Å². The van der Waals surface area contributed by atoms with Gasteiger partial charge >= 0.3 is 0 Å². The van der Waals surface area contributed by atoms with Crippen LogP contribution in [0.25, 0.3) is 0 Å². The summed E-state index contributed by atoms with van der Waals surface area (Å²) in [5, 5.41) is 3.64. The molecule has 0 aliphatic rings. The summed E-state index contributed by atoms with van der Waals surface area (Å²) in [5.41, 5.74) is 2.50. The predicted molar refractivity (Wildman–Crippen MR) is 86.2 cm³/mol. The summed E-state index contributed by atoms with van der Waals surface area (Å²) in [7, 11) is 0. The number of nitrogens with one attached hydrogen (secondary N) is 1. The maximum absolute atomic E-state index is 12.3. The smallest absolute Gasteiger partial charge is 0.252 e. The first-order valence-corrected chi connectivity index (χ1v) is 7.48. The molecule has 0 radical (unpaired) electrons. The summed E-state index contributed by atoms with van der Waals surface area (Å²) < 4.78 is 0.926. The highest BCUT2D eigenvalue weighted by Gasteiger charge is 2.15. The minimum atomic E-state index is -0.144. The monoisotopic (exact) mass is 351 g/mol. The fourth-order valence-electron chi connectivity index (χ4n) is 2.03. The molecule has 2 aromatic carbocycles. The molecule has 0 spiro atoms. The first-order valence-electron chi connectivity index (χ1n) is 6.31. The van der Waals surface area contributed by atoms with Crippen molar-refractivity contribution in [3.8, 4) is 0 Å². The molecule has 0 fully saturated rings. The van der Waals surface area contributed by atoms with Gasteiger partial charge in [-0.25, -0.2) is 0 Å². The van der Waals surface area contributed by atoms with Gasteiger partial charge in [-0.2, -0.15) is 0 Å². The van der Waals surface area contributed by atoms with E-state index in [-0.39, 0.29) is 11.9 Å². The van der Waals surface area contributed by atoms with Crippen molar-refractivity contribution in [2.24, 2.45) is 0 Å². The number of benzene rings is 2. The molecule has 0 heterocycles. The molecule has 1 unspecified atom stereocenters. The van der Waals surface area contributed by atoms with Crippen molar-refractivity contribution >= 4 is 33.4 Å². The number of hydrogen-bond donors (Lipinski definition) is 1. The Balaban J connectivity index is 2.20. The molecule has 0 saturated carbocycles. The normalized spacial score (nSPS) is 12.0. The largest absolute Gasteiger partial charge is 0.345 e. The van der Waals surface area contributed by atoms with Crippen molar-refractivity contribution in [2.75, 3.05) is 0 Å². The van der Waals surface area contributed by atoms with E-state index in [1.165, 1.54) is 0 Å². The van der Waals surface area contributed by atoms with E-state index in [0.29, 0.717) is 10.6 Å². The molecule has 2 nitrogen and oxygen atoms in total. The van der Waals surface area contributed by atoms with Gasteiger partial charge in [0.1, 0.15) is 0 Å². The summed E-state index contributed by atoms with van der Waals surface area (Å²) in [6.07, 6.45) is 0. The van der Waals surface area contributed by atoms with E-state index >= 15 is 0 Å². The molecule has 4 heteroatoms. The molecule has 0 aromatic heterocycles. The Labute approximate surface area is 132 Å². The summed E-state index contributed by atoms with van der Waals surface area (Å²) in [6, 6.07) is 13.0. The number of carbonyl (C=O) groups excluding carboxylic acids is 1. The topological polar surface area (TPSA) is 29.1 Å². The van der Waals surface area contributed by atoms with Gasteiger partial charge in [-0.1, -0.05) is 51.8 Å². The number of halogens is 2. The fourth-order valence-corrected chi connectivity index (χ4v) is 2.70. The Kier molecular flexibility index (Phi) is 4.84. The van der Waals surface area contributed by atoms with Crippen LogP contribution in [0.15, 0.2) is 46.9 Å². The van der Waals surface area contributed by atoms with Crippen LogP contribution in [0.2, 0.25) is 5.02 Å². The minimum Gasteiger partial charge on any atom is -0.345 e. The number of rotatable bonds is 3. The maximum Gasteiger partial charge on any atom is 0.252 e. The zero-order chi connectivity index (χ0) is 14.7. The van der Waals surface area contributed by atoms with Crippen LogP contribution in [0.5, 0.6) is 0 Å². The molecule has 0 aliphatic carbocycles. The van der Waals surface area contributed by atoms with E-state index < -0.39 is 0 Å². The van der Waals surface area contributed by atoms with Crippen molar-refractivity contribution < 1.29 is 4.79 Å². The zero-order valence-electron chi connectivity index (χ0n) is 11.3.